The zero-order valence-corrected chi connectivity index (χ0v) is 16.7. The maximum absolute atomic E-state index is 13.1. The molecule has 1 heterocycles. The molecule has 2 N–H and O–H groups in total. The fourth-order valence-corrected chi connectivity index (χ4v) is 8.02. The third-order valence-corrected chi connectivity index (χ3v) is 9.23. The topological polar surface area (TPSA) is 78.9 Å². The van der Waals surface area contributed by atoms with Gasteiger partial charge in [0.25, 0.3) is 0 Å². The number of rotatable bonds is 2. The summed E-state index contributed by atoms with van der Waals surface area (Å²) in [5, 5.41) is 20.9. The van der Waals surface area contributed by atoms with Gasteiger partial charge in [-0.25, -0.2) is 0 Å². The fraction of sp³-hybridized carbons (Fsp3) is 0.864. The highest BCUT2D eigenvalue weighted by Crippen LogP contribution is 2.64. The van der Waals surface area contributed by atoms with E-state index in [9.17, 15) is 9.90 Å². The monoisotopic (exact) mass is 371 g/mol. The minimum atomic E-state index is -0.444. The van der Waals surface area contributed by atoms with Gasteiger partial charge in [-0.15, -0.1) is 5.10 Å². The lowest BCUT2D eigenvalue weighted by atomic mass is 9.49. The van der Waals surface area contributed by atoms with Crippen LogP contribution in [-0.2, 0) is 0 Å². The number of carbonyl (C=O) groups excluding carboxylic acids is 1. The normalized spacial score (nSPS) is 49.1. The van der Waals surface area contributed by atoms with E-state index in [0.29, 0.717) is 17.5 Å². The number of nitrogens with zero attached hydrogens (tertiary/aromatic N) is 2. The molecule has 0 saturated heterocycles. The molecule has 1 aromatic rings. The van der Waals surface area contributed by atoms with Crippen molar-refractivity contribution in [3.8, 4) is 0 Å². The van der Waals surface area contributed by atoms with Crippen molar-refractivity contribution in [1.29, 1.82) is 0 Å². The van der Waals surface area contributed by atoms with Crippen molar-refractivity contribution in [3.63, 3.8) is 0 Å². The SMILES string of the molecule is C[C@@]1(O)CC[C@H]2[C@@H](CC[C@@H]3[C@@H]2CC[C@]2(C)[C@@H](C(=O)c4cnn[nH]4)CC[C@@H]32)C1. The quantitative estimate of drug-likeness (QED) is 0.770. The molecule has 1 aromatic heterocycles. The fourth-order valence-electron chi connectivity index (χ4n) is 8.02. The highest BCUT2D eigenvalue weighted by atomic mass is 16.3. The summed E-state index contributed by atoms with van der Waals surface area (Å²) in [7, 11) is 0. The van der Waals surface area contributed by atoms with Gasteiger partial charge in [0.2, 0.25) is 0 Å². The first-order valence-electron chi connectivity index (χ1n) is 11.0. The molecular formula is C22H33N3O2. The number of Topliss-reactive ketones (excluding diaryl/α,β-unsaturated/α-hetero) is 1. The van der Waals surface area contributed by atoms with Crippen LogP contribution in [0.2, 0.25) is 0 Å². The largest absolute Gasteiger partial charge is 0.390 e. The molecule has 0 unspecified atom stereocenters. The Morgan fingerprint density at radius 2 is 1.89 bits per heavy atom. The van der Waals surface area contributed by atoms with Crippen molar-refractivity contribution < 1.29 is 9.90 Å². The summed E-state index contributed by atoms with van der Waals surface area (Å²) in [6, 6.07) is 0. The number of hydrogen-bond acceptors (Lipinski definition) is 4. The number of hydrogen-bond donors (Lipinski definition) is 2. The second kappa shape index (κ2) is 6.13. The van der Waals surface area contributed by atoms with Crippen LogP contribution in [0.3, 0.4) is 0 Å². The standard InChI is InChI=1S/C22H33N3O2/c1-21(27)9-7-14-13(11-21)3-4-16-15(14)8-10-22(2)17(16)5-6-18(22)20(26)19-12-23-25-24-19/h12-18,27H,3-11H2,1-2H3,(H,23,24,25)/t13-,14-,15+,16+,17-,18+,21+,22-/m0/s1. The van der Waals surface area contributed by atoms with Crippen molar-refractivity contribution in [2.24, 2.45) is 40.9 Å². The van der Waals surface area contributed by atoms with Crippen LogP contribution in [0, 0.1) is 40.9 Å². The molecule has 5 heteroatoms. The zero-order chi connectivity index (χ0) is 18.8. The lowest BCUT2D eigenvalue weighted by Crippen LogP contribution is -2.51. The molecule has 4 fully saturated rings. The lowest BCUT2D eigenvalue weighted by molar-refractivity contribution is -0.0976. The first-order valence-corrected chi connectivity index (χ1v) is 11.0. The number of carbonyl (C=O) groups is 1. The summed E-state index contributed by atoms with van der Waals surface area (Å²) < 4.78 is 0. The highest BCUT2D eigenvalue weighted by Gasteiger charge is 2.59. The number of aromatic nitrogens is 3. The minimum Gasteiger partial charge on any atom is -0.390 e. The van der Waals surface area contributed by atoms with Gasteiger partial charge in [-0.3, -0.25) is 9.89 Å². The first-order chi connectivity index (χ1) is 12.9. The Labute approximate surface area is 161 Å². The van der Waals surface area contributed by atoms with Crippen LogP contribution in [0.1, 0.15) is 82.1 Å². The molecular weight excluding hydrogens is 338 g/mol. The minimum absolute atomic E-state index is 0.121. The highest BCUT2D eigenvalue weighted by molar-refractivity contribution is 5.96. The number of aromatic amines is 1. The van der Waals surface area contributed by atoms with Crippen molar-refractivity contribution in [2.75, 3.05) is 0 Å². The molecule has 27 heavy (non-hydrogen) atoms. The Balaban J connectivity index is 1.37. The van der Waals surface area contributed by atoms with Crippen LogP contribution in [-0.4, -0.2) is 31.9 Å². The molecule has 0 radical (unpaired) electrons. The van der Waals surface area contributed by atoms with E-state index in [4.69, 9.17) is 0 Å². The van der Waals surface area contributed by atoms with E-state index < -0.39 is 5.60 Å². The van der Waals surface area contributed by atoms with Crippen molar-refractivity contribution in [1.82, 2.24) is 15.4 Å². The molecule has 0 spiro atoms. The van der Waals surface area contributed by atoms with Gasteiger partial charge in [0, 0.05) is 5.92 Å². The molecule has 4 aliphatic rings. The summed E-state index contributed by atoms with van der Waals surface area (Å²) in [5.74, 6) is 4.16. The number of nitrogens with one attached hydrogen (secondary N) is 1. The molecule has 8 atom stereocenters. The predicted molar refractivity (Wildman–Crippen MR) is 102 cm³/mol. The van der Waals surface area contributed by atoms with E-state index in [1.807, 2.05) is 6.92 Å². The number of H-pyrrole nitrogens is 1. The van der Waals surface area contributed by atoms with E-state index in [1.54, 1.807) is 6.20 Å². The van der Waals surface area contributed by atoms with Gasteiger partial charge in [-0.1, -0.05) is 12.1 Å². The molecule has 0 aromatic carbocycles. The third kappa shape index (κ3) is 2.72. The summed E-state index contributed by atoms with van der Waals surface area (Å²) >= 11 is 0. The van der Waals surface area contributed by atoms with Gasteiger partial charge >= 0.3 is 0 Å². The number of ketones is 1. The molecule has 5 rings (SSSR count). The smallest absolute Gasteiger partial charge is 0.185 e. The van der Waals surface area contributed by atoms with Crippen LogP contribution in [0.15, 0.2) is 6.20 Å². The average Bonchev–Trinajstić information content (AvgIpc) is 3.27. The maximum Gasteiger partial charge on any atom is 0.185 e. The van der Waals surface area contributed by atoms with Crippen LogP contribution < -0.4 is 0 Å². The van der Waals surface area contributed by atoms with E-state index in [0.717, 1.165) is 37.0 Å². The molecule has 0 bridgehead atoms. The lowest BCUT2D eigenvalue weighted by Gasteiger charge is -2.56. The summed E-state index contributed by atoms with van der Waals surface area (Å²) in [6.45, 7) is 4.43. The Hall–Kier alpha value is -1.23. The zero-order valence-electron chi connectivity index (χ0n) is 16.7. The Morgan fingerprint density at radius 1 is 1.07 bits per heavy atom. The molecule has 4 aliphatic carbocycles. The molecule has 148 valence electrons. The Kier molecular flexibility index (Phi) is 4.05. The summed E-state index contributed by atoms with van der Waals surface area (Å²) in [4.78, 5) is 13.1. The second-order valence-electron chi connectivity index (χ2n) is 10.6. The molecule has 5 nitrogen and oxygen atoms in total. The van der Waals surface area contributed by atoms with E-state index in [1.165, 1.54) is 38.5 Å². The maximum atomic E-state index is 13.1. The van der Waals surface area contributed by atoms with Gasteiger partial charge in [0.1, 0.15) is 5.69 Å². The Bertz CT molecular complexity index is 715. The van der Waals surface area contributed by atoms with Crippen LogP contribution in [0.4, 0.5) is 0 Å². The van der Waals surface area contributed by atoms with Gasteiger partial charge in [0.05, 0.1) is 11.8 Å². The van der Waals surface area contributed by atoms with Crippen molar-refractivity contribution in [2.45, 2.75) is 77.2 Å². The van der Waals surface area contributed by atoms with Gasteiger partial charge in [-0.2, -0.15) is 0 Å². The van der Waals surface area contributed by atoms with E-state index in [-0.39, 0.29) is 17.1 Å². The molecule has 4 saturated carbocycles. The summed E-state index contributed by atoms with van der Waals surface area (Å²) in [6.07, 6.45) is 12.0. The first kappa shape index (κ1) is 17.8. The van der Waals surface area contributed by atoms with Crippen LogP contribution in [0.25, 0.3) is 0 Å². The molecule has 0 aliphatic heterocycles. The predicted octanol–water partition coefficient (Wildman–Crippen LogP) is 4.01. The Morgan fingerprint density at radius 3 is 2.67 bits per heavy atom. The second-order valence-corrected chi connectivity index (χ2v) is 10.6. The average molecular weight is 372 g/mol. The van der Waals surface area contributed by atoms with E-state index in [2.05, 4.69) is 22.3 Å². The van der Waals surface area contributed by atoms with Crippen LogP contribution in [0.5, 0.6) is 0 Å². The van der Waals surface area contributed by atoms with Gasteiger partial charge in [0.15, 0.2) is 5.78 Å². The third-order valence-electron chi connectivity index (χ3n) is 9.23. The van der Waals surface area contributed by atoms with Crippen LogP contribution >= 0.6 is 0 Å². The molecule has 0 amide bonds. The van der Waals surface area contributed by atoms with Crippen molar-refractivity contribution >= 4 is 5.78 Å². The van der Waals surface area contributed by atoms with Gasteiger partial charge < -0.3 is 5.11 Å². The number of aliphatic hydroxyl groups is 1. The van der Waals surface area contributed by atoms with Gasteiger partial charge in [-0.05, 0) is 99.7 Å². The van der Waals surface area contributed by atoms with Crippen molar-refractivity contribution in [3.05, 3.63) is 11.9 Å². The van der Waals surface area contributed by atoms with E-state index >= 15 is 0 Å². The number of fused-ring (bicyclic) bond motifs is 5. The summed E-state index contributed by atoms with van der Waals surface area (Å²) in [5.41, 5.74) is 0.276.